The van der Waals surface area contributed by atoms with Crippen molar-refractivity contribution in [2.45, 2.75) is 0 Å². The summed E-state index contributed by atoms with van der Waals surface area (Å²) >= 11 is 1.40. The summed E-state index contributed by atoms with van der Waals surface area (Å²) in [6.45, 7) is 0. The molecular formula is C24H14O2S. The van der Waals surface area contributed by atoms with Gasteiger partial charge in [-0.05, 0) is 22.8 Å². The molecule has 0 bridgehead atoms. The van der Waals surface area contributed by atoms with Gasteiger partial charge in [0.1, 0.15) is 0 Å². The largest absolute Gasteiger partial charge is 0.289 e. The molecule has 0 spiro atoms. The summed E-state index contributed by atoms with van der Waals surface area (Å²) in [6, 6.07) is 27.3. The van der Waals surface area contributed by atoms with E-state index in [1.807, 2.05) is 36.4 Å². The molecule has 1 aromatic heterocycles. The second-order valence-corrected chi connectivity index (χ2v) is 7.55. The van der Waals surface area contributed by atoms with E-state index in [2.05, 4.69) is 24.3 Å². The summed E-state index contributed by atoms with van der Waals surface area (Å²) < 4.78 is 0. The van der Waals surface area contributed by atoms with E-state index in [4.69, 9.17) is 0 Å². The van der Waals surface area contributed by atoms with Crippen LogP contribution in [0.3, 0.4) is 0 Å². The molecule has 2 nitrogen and oxygen atoms in total. The summed E-state index contributed by atoms with van der Waals surface area (Å²) in [5.41, 5.74) is 4.83. The Morgan fingerprint density at radius 3 is 1.78 bits per heavy atom. The molecule has 0 amide bonds. The Kier molecular flexibility index (Phi) is 3.62. The summed E-state index contributed by atoms with van der Waals surface area (Å²) in [5.74, 6) is -0.124. The van der Waals surface area contributed by atoms with Gasteiger partial charge >= 0.3 is 0 Å². The highest BCUT2D eigenvalue weighted by molar-refractivity contribution is 7.18. The van der Waals surface area contributed by atoms with E-state index in [1.165, 1.54) is 11.3 Å². The zero-order valence-electron chi connectivity index (χ0n) is 14.3. The van der Waals surface area contributed by atoms with Crippen LogP contribution in [0.1, 0.15) is 31.2 Å². The van der Waals surface area contributed by atoms with Crippen LogP contribution in [0.2, 0.25) is 0 Å². The molecule has 1 heterocycles. The molecule has 1 aliphatic rings. The van der Waals surface area contributed by atoms with Crippen molar-refractivity contribution in [1.29, 1.82) is 0 Å². The monoisotopic (exact) mass is 366 g/mol. The molecule has 128 valence electrons. The minimum absolute atomic E-state index is 0.0580. The number of fused-ring (bicyclic) bond motifs is 2. The third kappa shape index (κ3) is 2.56. The van der Waals surface area contributed by atoms with E-state index >= 15 is 0 Å². The van der Waals surface area contributed by atoms with Crippen molar-refractivity contribution in [3.05, 3.63) is 106 Å². The first-order chi connectivity index (χ1) is 13.2. The predicted molar refractivity (Wildman–Crippen MR) is 108 cm³/mol. The van der Waals surface area contributed by atoms with Crippen molar-refractivity contribution in [3.8, 4) is 21.6 Å². The van der Waals surface area contributed by atoms with Gasteiger partial charge in [-0.25, -0.2) is 0 Å². The van der Waals surface area contributed by atoms with Crippen molar-refractivity contribution in [2.24, 2.45) is 0 Å². The maximum Gasteiger partial charge on any atom is 0.204 e. The average molecular weight is 366 g/mol. The second-order valence-electron chi connectivity index (χ2n) is 6.50. The molecule has 0 aliphatic heterocycles. The van der Waals surface area contributed by atoms with E-state index in [1.54, 1.807) is 24.3 Å². The van der Waals surface area contributed by atoms with E-state index < -0.39 is 0 Å². The first kappa shape index (κ1) is 15.9. The summed E-state index contributed by atoms with van der Waals surface area (Å²) in [7, 11) is 0. The fraction of sp³-hybridized carbons (Fsp3) is 0. The number of rotatable bonds is 2. The van der Waals surface area contributed by atoms with Crippen molar-refractivity contribution >= 4 is 22.9 Å². The zero-order valence-corrected chi connectivity index (χ0v) is 15.1. The van der Waals surface area contributed by atoms with Gasteiger partial charge in [-0.2, -0.15) is 0 Å². The summed E-state index contributed by atoms with van der Waals surface area (Å²) in [4.78, 5) is 27.1. The Bertz CT molecular complexity index is 1130. The molecule has 0 N–H and O–H groups in total. The lowest BCUT2D eigenvalue weighted by molar-refractivity contribution is 0.0982. The maximum atomic E-state index is 12.8. The van der Waals surface area contributed by atoms with Gasteiger partial charge in [0.25, 0.3) is 0 Å². The molecular weight excluding hydrogens is 352 g/mol. The highest BCUT2D eigenvalue weighted by Gasteiger charge is 2.31. The van der Waals surface area contributed by atoms with Gasteiger partial charge in [-0.3, -0.25) is 9.59 Å². The predicted octanol–water partition coefficient (Wildman–Crippen LogP) is 5.86. The lowest BCUT2D eigenvalue weighted by atomic mass is 9.89. The number of hydrogen-bond donors (Lipinski definition) is 0. The average Bonchev–Trinajstić information content (AvgIpc) is 3.19. The van der Waals surface area contributed by atoms with Gasteiger partial charge in [-0.15, -0.1) is 11.3 Å². The number of thiophene rings is 1. The Morgan fingerprint density at radius 1 is 0.519 bits per heavy atom. The van der Waals surface area contributed by atoms with Crippen molar-refractivity contribution in [1.82, 2.24) is 0 Å². The Morgan fingerprint density at radius 2 is 1.07 bits per heavy atom. The minimum Gasteiger partial charge on any atom is -0.289 e. The standard InChI is InChI=1S/C24H14O2S/c25-22-18-8-4-5-9-19(18)23(26)24-20(22)14-21(27-24)17-12-10-16(11-13-17)15-6-2-1-3-7-15/h1-14H. The van der Waals surface area contributed by atoms with Gasteiger partial charge in [0, 0.05) is 21.6 Å². The Balaban J connectivity index is 1.55. The van der Waals surface area contributed by atoms with Gasteiger partial charge in [0.2, 0.25) is 5.78 Å². The molecule has 4 aromatic rings. The van der Waals surface area contributed by atoms with E-state index in [0.717, 1.165) is 21.6 Å². The SMILES string of the molecule is O=C1c2ccccc2C(=O)c2sc(-c3ccc(-c4ccccc4)cc3)cc21. The first-order valence-electron chi connectivity index (χ1n) is 8.70. The molecule has 5 rings (SSSR count). The highest BCUT2D eigenvalue weighted by Crippen LogP contribution is 2.38. The smallest absolute Gasteiger partial charge is 0.204 e. The van der Waals surface area contributed by atoms with Crippen LogP contribution in [0.4, 0.5) is 0 Å². The third-order valence-corrected chi connectivity index (χ3v) is 6.06. The van der Waals surface area contributed by atoms with Crippen molar-refractivity contribution in [3.63, 3.8) is 0 Å². The van der Waals surface area contributed by atoms with Crippen LogP contribution in [-0.2, 0) is 0 Å². The van der Waals surface area contributed by atoms with Crippen molar-refractivity contribution < 1.29 is 9.59 Å². The van der Waals surface area contributed by atoms with Crippen LogP contribution in [-0.4, -0.2) is 11.6 Å². The molecule has 0 unspecified atom stereocenters. The van der Waals surface area contributed by atoms with Gasteiger partial charge in [0.05, 0.1) is 4.88 Å². The van der Waals surface area contributed by atoms with E-state index in [9.17, 15) is 9.59 Å². The lowest BCUT2D eigenvalue weighted by Gasteiger charge is -2.12. The molecule has 0 saturated heterocycles. The van der Waals surface area contributed by atoms with Crippen LogP contribution < -0.4 is 0 Å². The number of hydrogen-bond acceptors (Lipinski definition) is 3. The van der Waals surface area contributed by atoms with Crippen LogP contribution in [0.5, 0.6) is 0 Å². The third-order valence-electron chi connectivity index (χ3n) is 4.88. The molecule has 0 fully saturated rings. The van der Waals surface area contributed by atoms with Crippen LogP contribution in [0.15, 0.2) is 84.9 Å². The molecule has 0 atom stereocenters. The molecule has 27 heavy (non-hydrogen) atoms. The fourth-order valence-corrected chi connectivity index (χ4v) is 4.59. The molecule has 3 aromatic carbocycles. The molecule has 0 saturated carbocycles. The van der Waals surface area contributed by atoms with Gasteiger partial charge < -0.3 is 0 Å². The van der Waals surface area contributed by atoms with Crippen LogP contribution in [0, 0.1) is 0 Å². The molecule has 0 radical (unpaired) electrons. The topological polar surface area (TPSA) is 34.1 Å². The highest BCUT2D eigenvalue weighted by atomic mass is 32.1. The maximum absolute atomic E-state index is 12.8. The quantitative estimate of drug-likeness (QED) is 0.392. The van der Waals surface area contributed by atoms with Gasteiger partial charge in [0.15, 0.2) is 5.78 Å². The number of benzene rings is 3. The number of ketones is 2. The molecule has 1 aliphatic carbocycles. The number of carbonyl (C=O) groups excluding carboxylic acids is 2. The minimum atomic E-state index is -0.0661. The van der Waals surface area contributed by atoms with Crippen LogP contribution >= 0.6 is 11.3 Å². The van der Waals surface area contributed by atoms with Crippen LogP contribution in [0.25, 0.3) is 21.6 Å². The lowest BCUT2D eigenvalue weighted by Crippen LogP contribution is -2.18. The summed E-state index contributed by atoms with van der Waals surface area (Å²) in [5, 5.41) is 0. The van der Waals surface area contributed by atoms with E-state index in [-0.39, 0.29) is 11.6 Å². The van der Waals surface area contributed by atoms with E-state index in [0.29, 0.717) is 21.6 Å². The normalized spacial score (nSPS) is 12.6. The fourth-order valence-electron chi connectivity index (χ4n) is 3.47. The Hall–Kier alpha value is -3.30. The zero-order chi connectivity index (χ0) is 18.4. The van der Waals surface area contributed by atoms with Gasteiger partial charge in [-0.1, -0.05) is 78.9 Å². The number of carbonyl (C=O) groups is 2. The second kappa shape index (κ2) is 6.15. The summed E-state index contributed by atoms with van der Waals surface area (Å²) in [6.07, 6.45) is 0. The first-order valence-corrected chi connectivity index (χ1v) is 9.52. The van der Waals surface area contributed by atoms with Crippen molar-refractivity contribution in [2.75, 3.05) is 0 Å². The molecule has 3 heteroatoms. The Labute approximate surface area is 160 Å².